The molecule has 0 radical (unpaired) electrons. The molecule has 5 nitrogen and oxygen atoms in total. The smallest absolute Gasteiger partial charge is 0.326 e. The molecule has 21 heavy (non-hydrogen) atoms. The lowest BCUT2D eigenvalue weighted by molar-refractivity contribution is -0.154. The number of carbonyl (C=O) groups excluding carboxylic acids is 1. The molecule has 5 heteroatoms. The summed E-state index contributed by atoms with van der Waals surface area (Å²) in [5, 5.41) is 19.6. The number of likely N-dealkylation sites (tertiary alicyclic amines) is 1. The van der Waals surface area contributed by atoms with Crippen LogP contribution in [0, 0.1) is 17.3 Å². The number of carboxylic acids is 1. The average Bonchev–Trinajstić information content (AvgIpc) is 2.85. The van der Waals surface area contributed by atoms with Crippen molar-refractivity contribution < 1.29 is 19.8 Å². The van der Waals surface area contributed by atoms with E-state index < -0.39 is 24.0 Å². The number of piperidine rings is 1. The molecule has 2 aliphatic rings. The third-order valence-corrected chi connectivity index (χ3v) is 5.09. The zero-order valence-electron chi connectivity index (χ0n) is 12.1. The Morgan fingerprint density at radius 1 is 1.29 bits per heavy atom. The van der Waals surface area contributed by atoms with Crippen LogP contribution in [0.2, 0.25) is 0 Å². The van der Waals surface area contributed by atoms with E-state index in [1.165, 1.54) is 4.90 Å². The summed E-state index contributed by atoms with van der Waals surface area (Å²) in [5.41, 5.74) is 0.462. The maximum atomic E-state index is 12.5. The molecule has 1 unspecified atom stereocenters. The maximum absolute atomic E-state index is 12.5. The van der Waals surface area contributed by atoms with Gasteiger partial charge in [-0.3, -0.25) is 4.79 Å². The van der Waals surface area contributed by atoms with Crippen LogP contribution >= 0.6 is 0 Å². The van der Waals surface area contributed by atoms with E-state index in [0.717, 1.165) is 0 Å². The van der Waals surface area contributed by atoms with Crippen LogP contribution in [0.5, 0.6) is 0 Å². The highest BCUT2D eigenvalue weighted by Crippen LogP contribution is 2.65. The molecule has 0 aromatic heterocycles. The first kappa shape index (κ1) is 14.1. The van der Waals surface area contributed by atoms with Gasteiger partial charge in [0.25, 0.3) is 5.91 Å². The Hall–Kier alpha value is -1.88. The van der Waals surface area contributed by atoms with Gasteiger partial charge in [-0.05, 0) is 16.9 Å². The molecular formula is C16H19NO4. The highest BCUT2D eigenvalue weighted by Gasteiger charge is 2.69. The Morgan fingerprint density at radius 3 is 2.48 bits per heavy atom. The van der Waals surface area contributed by atoms with Crippen LogP contribution in [0.15, 0.2) is 30.3 Å². The highest BCUT2D eigenvalue weighted by atomic mass is 16.4. The second kappa shape index (κ2) is 4.56. The van der Waals surface area contributed by atoms with Crippen LogP contribution in [-0.4, -0.2) is 39.6 Å². The summed E-state index contributed by atoms with van der Waals surface area (Å²) in [6, 6.07) is 7.79. The Bertz CT molecular complexity index is 583. The van der Waals surface area contributed by atoms with Crippen molar-refractivity contribution in [3.8, 4) is 0 Å². The van der Waals surface area contributed by atoms with E-state index in [0.29, 0.717) is 12.1 Å². The zero-order valence-corrected chi connectivity index (χ0v) is 12.1. The van der Waals surface area contributed by atoms with Gasteiger partial charge in [0.15, 0.2) is 6.10 Å². The van der Waals surface area contributed by atoms with E-state index in [1.54, 1.807) is 30.3 Å². The minimum absolute atomic E-state index is 0.0121. The van der Waals surface area contributed by atoms with E-state index in [2.05, 4.69) is 0 Å². The number of aliphatic hydroxyl groups is 1. The lowest BCUT2D eigenvalue weighted by Gasteiger charge is -2.29. The van der Waals surface area contributed by atoms with E-state index in [1.807, 2.05) is 13.8 Å². The van der Waals surface area contributed by atoms with Gasteiger partial charge in [-0.15, -0.1) is 0 Å². The van der Waals surface area contributed by atoms with Crippen molar-refractivity contribution in [2.45, 2.75) is 26.0 Å². The molecule has 2 fully saturated rings. The fourth-order valence-corrected chi connectivity index (χ4v) is 3.73. The van der Waals surface area contributed by atoms with Gasteiger partial charge >= 0.3 is 5.97 Å². The van der Waals surface area contributed by atoms with Crippen molar-refractivity contribution in [2.24, 2.45) is 17.3 Å². The monoisotopic (exact) mass is 289 g/mol. The molecular weight excluding hydrogens is 270 g/mol. The lowest BCUT2D eigenvalue weighted by Crippen LogP contribution is -2.47. The second-order valence-electron chi connectivity index (χ2n) is 6.54. The van der Waals surface area contributed by atoms with Crippen molar-refractivity contribution in [2.75, 3.05) is 6.54 Å². The van der Waals surface area contributed by atoms with E-state index in [9.17, 15) is 19.8 Å². The number of aliphatic carboxylic acids is 1. The fraction of sp³-hybridized carbons (Fsp3) is 0.500. The first-order valence-corrected chi connectivity index (χ1v) is 7.12. The number of hydrogen-bond acceptors (Lipinski definition) is 3. The summed E-state index contributed by atoms with van der Waals surface area (Å²) in [6.45, 7) is 4.48. The number of aliphatic hydroxyl groups excluding tert-OH is 1. The molecule has 112 valence electrons. The van der Waals surface area contributed by atoms with E-state index in [4.69, 9.17) is 0 Å². The van der Waals surface area contributed by atoms with Crippen LogP contribution in [0.3, 0.4) is 0 Å². The van der Waals surface area contributed by atoms with Crippen molar-refractivity contribution in [1.29, 1.82) is 0 Å². The van der Waals surface area contributed by atoms with Crippen LogP contribution in [0.25, 0.3) is 0 Å². The molecule has 2 N–H and O–H groups in total. The van der Waals surface area contributed by atoms with Gasteiger partial charge in [0, 0.05) is 12.5 Å². The number of amides is 1. The standard InChI is InChI=1S/C16H19NO4/c1-16(2)10-8-17(12(11(10)16)15(20)21)14(19)13(18)9-6-4-3-5-7-9/h3-7,10-13,18H,8H2,1-2H3,(H,20,21)/t10-,11-,12?,13-/m0/s1. The number of carboxylic acid groups (broad SMARTS) is 1. The molecule has 1 saturated carbocycles. The third kappa shape index (κ3) is 2.03. The molecule has 4 atom stereocenters. The molecule has 1 aromatic rings. The molecule has 3 rings (SSSR count). The largest absolute Gasteiger partial charge is 0.480 e. The third-order valence-electron chi connectivity index (χ3n) is 5.09. The number of fused-ring (bicyclic) bond motifs is 1. The Labute approximate surface area is 123 Å². The van der Waals surface area contributed by atoms with Gasteiger partial charge < -0.3 is 15.1 Å². The second-order valence-corrected chi connectivity index (χ2v) is 6.54. The predicted molar refractivity (Wildman–Crippen MR) is 75.3 cm³/mol. The Kier molecular flexibility index (Phi) is 3.06. The van der Waals surface area contributed by atoms with Crippen molar-refractivity contribution in [3.05, 3.63) is 35.9 Å². The summed E-state index contributed by atoms with van der Waals surface area (Å²) < 4.78 is 0. The summed E-state index contributed by atoms with van der Waals surface area (Å²) in [6.07, 6.45) is -1.30. The van der Waals surface area contributed by atoms with Crippen molar-refractivity contribution in [3.63, 3.8) is 0 Å². The number of benzene rings is 1. The first-order chi connectivity index (χ1) is 9.85. The summed E-state index contributed by atoms with van der Waals surface area (Å²) in [7, 11) is 0. The molecule has 1 heterocycles. The van der Waals surface area contributed by atoms with Gasteiger partial charge in [0.1, 0.15) is 6.04 Å². The van der Waals surface area contributed by atoms with E-state index in [-0.39, 0.29) is 17.3 Å². The molecule has 0 spiro atoms. The summed E-state index contributed by atoms with van der Waals surface area (Å²) in [5.74, 6) is -1.30. The fourth-order valence-electron chi connectivity index (χ4n) is 3.73. The van der Waals surface area contributed by atoms with Gasteiger partial charge in [0.2, 0.25) is 0 Å². The minimum atomic E-state index is -1.30. The number of nitrogens with zero attached hydrogens (tertiary/aromatic N) is 1. The van der Waals surface area contributed by atoms with Crippen molar-refractivity contribution >= 4 is 11.9 Å². The van der Waals surface area contributed by atoms with Crippen LogP contribution in [-0.2, 0) is 9.59 Å². The lowest BCUT2D eigenvalue weighted by atomic mass is 10.00. The summed E-state index contributed by atoms with van der Waals surface area (Å²) >= 11 is 0. The Balaban J connectivity index is 1.81. The van der Waals surface area contributed by atoms with Gasteiger partial charge in [-0.2, -0.15) is 0 Å². The SMILES string of the molecule is CC1(C)[C@@H]2C(C(=O)O)N(C(=O)[C@@H](O)c3ccccc3)C[C@@H]21. The van der Waals surface area contributed by atoms with Crippen molar-refractivity contribution in [1.82, 2.24) is 4.90 Å². The maximum Gasteiger partial charge on any atom is 0.326 e. The van der Waals surface area contributed by atoms with Gasteiger partial charge in [0.05, 0.1) is 0 Å². The van der Waals surface area contributed by atoms with Gasteiger partial charge in [-0.25, -0.2) is 4.79 Å². The molecule has 1 amide bonds. The molecule has 1 aromatic carbocycles. The van der Waals surface area contributed by atoms with Crippen LogP contribution < -0.4 is 0 Å². The molecule has 0 bridgehead atoms. The minimum Gasteiger partial charge on any atom is -0.480 e. The van der Waals surface area contributed by atoms with Gasteiger partial charge in [-0.1, -0.05) is 44.2 Å². The Morgan fingerprint density at radius 2 is 1.90 bits per heavy atom. The van der Waals surface area contributed by atoms with Crippen LogP contribution in [0.1, 0.15) is 25.5 Å². The molecule has 1 aliphatic heterocycles. The first-order valence-electron chi connectivity index (χ1n) is 7.12. The number of carbonyl (C=O) groups is 2. The quantitative estimate of drug-likeness (QED) is 0.879. The average molecular weight is 289 g/mol. The highest BCUT2D eigenvalue weighted by molar-refractivity contribution is 5.88. The summed E-state index contributed by atoms with van der Waals surface area (Å²) in [4.78, 5) is 25.3. The predicted octanol–water partition coefficient (Wildman–Crippen LogP) is 1.29. The normalized spacial score (nSPS) is 30.6. The molecule has 1 saturated heterocycles. The number of hydrogen-bond donors (Lipinski definition) is 2. The van der Waals surface area contributed by atoms with Crippen LogP contribution in [0.4, 0.5) is 0 Å². The number of rotatable bonds is 3. The van der Waals surface area contributed by atoms with E-state index >= 15 is 0 Å². The zero-order chi connectivity index (χ0) is 15.4. The molecule has 1 aliphatic carbocycles. The topological polar surface area (TPSA) is 77.8 Å².